The molecular formula is C15H17F3N4O. The summed E-state index contributed by atoms with van der Waals surface area (Å²) in [6.45, 7) is 1.77. The van der Waals surface area contributed by atoms with Crippen molar-refractivity contribution < 1.29 is 18.0 Å². The number of carbonyl (C=O) groups is 1. The molecule has 0 aliphatic carbocycles. The highest BCUT2D eigenvalue weighted by molar-refractivity contribution is 5.92. The summed E-state index contributed by atoms with van der Waals surface area (Å²) in [5.41, 5.74) is -0.0304. The first kappa shape index (κ1) is 17.1. The van der Waals surface area contributed by atoms with E-state index in [0.29, 0.717) is 5.82 Å². The number of amides is 1. The zero-order valence-corrected chi connectivity index (χ0v) is 12.4. The summed E-state index contributed by atoms with van der Waals surface area (Å²) < 4.78 is 37.4. The molecule has 0 bridgehead atoms. The Hall–Kier alpha value is -2.30. The molecule has 0 radical (unpaired) electrons. The Morgan fingerprint density at radius 2 is 2.04 bits per heavy atom. The van der Waals surface area contributed by atoms with E-state index < -0.39 is 24.5 Å². The van der Waals surface area contributed by atoms with Gasteiger partial charge in [-0.3, -0.25) is 4.79 Å². The molecule has 2 rings (SSSR count). The van der Waals surface area contributed by atoms with Gasteiger partial charge in [0.2, 0.25) is 0 Å². The number of rotatable bonds is 5. The Labute approximate surface area is 132 Å². The van der Waals surface area contributed by atoms with Crippen molar-refractivity contribution in [1.29, 1.82) is 0 Å². The van der Waals surface area contributed by atoms with Crippen molar-refractivity contribution >= 4 is 11.7 Å². The van der Waals surface area contributed by atoms with Gasteiger partial charge in [0, 0.05) is 25.6 Å². The zero-order valence-electron chi connectivity index (χ0n) is 12.4. The Morgan fingerprint density at radius 1 is 1.35 bits per heavy atom. The average molecular weight is 326 g/mol. The first-order chi connectivity index (χ1) is 10.9. The van der Waals surface area contributed by atoms with Crippen LogP contribution in [-0.4, -0.2) is 41.4 Å². The number of terminal acetylenes is 1. The largest absolute Gasteiger partial charge is 0.391 e. The molecule has 1 aromatic rings. The van der Waals surface area contributed by atoms with Crippen LogP contribution in [0.3, 0.4) is 0 Å². The summed E-state index contributed by atoms with van der Waals surface area (Å²) in [5, 5.41) is 10.0. The van der Waals surface area contributed by atoms with Gasteiger partial charge in [0.05, 0.1) is 6.42 Å². The van der Waals surface area contributed by atoms with Gasteiger partial charge in [-0.05, 0) is 25.0 Å². The Bertz CT molecular complexity index is 574. The summed E-state index contributed by atoms with van der Waals surface area (Å²) in [5.74, 6) is 2.08. The SMILES string of the molecule is C#CC[C@@H](CC(F)(F)F)NC(=O)c1ccc(N2CCCC2)nn1. The Kier molecular flexibility index (Phi) is 5.42. The molecule has 1 amide bonds. The number of hydrogen-bond acceptors (Lipinski definition) is 4. The summed E-state index contributed by atoms with van der Waals surface area (Å²) in [7, 11) is 0. The lowest BCUT2D eigenvalue weighted by atomic mass is 10.1. The van der Waals surface area contributed by atoms with Crippen LogP contribution < -0.4 is 10.2 Å². The fraction of sp³-hybridized carbons (Fsp3) is 0.533. The Balaban J connectivity index is 1.99. The van der Waals surface area contributed by atoms with E-state index in [1.54, 1.807) is 6.07 Å². The molecule has 0 unspecified atom stereocenters. The second kappa shape index (κ2) is 7.31. The van der Waals surface area contributed by atoms with E-state index in [0.717, 1.165) is 25.9 Å². The molecule has 1 fully saturated rings. The van der Waals surface area contributed by atoms with Crippen molar-refractivity contribution in [1.82, 2.24) is 15.5 Å². The maximum Gasteiger partial charge on any atom is 0.391 e. The highest BCUT2D eigenvalue weighted by Gasteiger charge is 2.32. The van der Waals surface area contributed by atoms with E-state index in [1.807, 2.05) is 4.90 Å². The van der Waals surface area contributed by atoms with Crippen molar-refractivity contribution in [2.24, 2.45) is 0 Å². The third-order valence-electron chi connectivity index (χ3n) is 3.49. The molecule has 124 valence electrons. The molecule has 1 saturated heterocycles. The molecule has 1 aromatic heterocycles. The van der Waals surface area contributed by atoms with E-state index in [2.05, 4.69) is 21.4 Å². The van der Waals surface area contributed by atoms with E-state index in [-0.39, 0.29) is 12.1 Å². The van der Waals surface area contributed by atoms with Crippen LogP contribution in [0.4, 0.5) is 19.0 Å². The molecule has 1 atom stereocenters. The predicted molar refractivity (Wildman–Crippen MR) is 78.9 cm³/mol. The molecule has 5 nitrogen and oxygen atoms in total. The van der Waals surface area contributed by atoms with Gasteiger partial charge in [0.1, 0.15) is 0 Å². The first-order valence-corrected chi connectivity index (χ1v) is 7.29. The summed E-state index contributed by atoms with van der Waals surface area (Å²) in [6, 6.07) is 1.93. The quantitative estimate of drug-likeness (QED) is 0.843. The molecule has 1 aliphatic heterocycles. The fourth-order valence-electron chi connectivity index (χ4n) is 2.42. The number of nitrogens with one attached hydrogen (secondary N) is 1. The molecule has 0 aromatic carbocycles. The summed E-state index contributed by atoms with van der Waals surface area (Å²) in [4.78, 5) is 14.0. The van der Waals surface area contributed by atoms with Gasteiger partial charge in [-0.2, -0.15) is 13.2 Å². The zero-order chi connectivity index (χ0) is 16.9. The lowest BCUT2D eigenvalue weighted by Crippen LogP contribution is -2.38. The fourth-order valence-corrected chi connectivity index (χ4v) is 2.42. The van der Waals surface area contributed by atoms with Crippen molar-refractivity contribution in [3.63, 3.8) is 0 Å². The van der Waals surface area contributed by atoms with Gasteiger partial charge < -0.3 is 10.2 Å². The minimum Gasteiger partial charge on any atom is -0.355 e. The van der Waals surface area contributed by atoms with Crippen LogP contribution in [0.1, 0.15) is 36.2 Å². The number of hydrogen-bond donors (Lipinski definition) is 1. The lowest BCUT2D eigenvalue weighted by Gasteiger charge is -2.18. The topological polar surface area (TPSA) is 58.1 Å². The monoisotopic (exact) mass is 326 g/mol. The normalized spacial score (nSPS) is 16.0. The molecule has 0 saturated carbocycles. The van der Waals surface area contributed by atoms with Crippen LogP contribution >= 0.6 is 0 Å². The molecule has 2 heterocycles. The molecular weight excluding hydrogens is 309 g/mol. The number of alkyl halides is 3. The molecule has 1 N–H and O–H groups in total. The molecule has 23 heavy (non-hydrogen) atoms. The lowest BCUT2D eigenvalue weighted by molar-refractivity contribution is -0.139. The van der Waals surface area contributed by atoms with Gasteiger partial charge in [-0.25, -0.2) is 0 Å². The van der Waals surface area contributed by atoms with Crippen molar-refractivity contribution in [3.05, 3.63) is 17.8 Å². The third kappa shape index (κ3) is 5.13. The van der Waals surface area contributed by atoms with Crippen LogP contribution in [-0.2, 0) is 0 Å². The van der Waals surface area contributed by atoms with Gasteiger partial charge in [-0.15, -0.1) is 22.5 Å². The minimum absolute atomic E-state index is 0.0304. The van der Waals surface area contributed by atoms with E-state index in [9.17, 15) is 18.0 Å². The number of halogens is 3. The molecule has 1 aliphatic rings. The van der Waals surface area contributed by atoms with Gasteiger partial charge >= 0.3 is 6.18 Å². The van der Waals surface area contributed by atoms with Crippen LogP contribution in [0.5, 0.6) is 0 Å². The van der Waals surface area contributed by atoms with Crippen LogP contribution in [0, 0.1) is 12.3 Å². The summed E-state index contributed by atoms with van der Waals surface area (Å²) in [6.07, 6.45) is 1.42. The van der Waals surface area contributed by atoms with Crippen molar-refractivity contribution in [2.75, 3.05) is 18.0 Å². The average Bonchev–Trinajstić information content (AvgIpc) is 3.00. The predicted octanol–water partition coefficient (Wildman–Crippen LogP) is 2.15. The minimum atomic E-state index is -4.40. The maximum atomic E-state index is 12.5. The second-order valence-corrected chi connectivity index (χ2v) is 5.37. The third-order valence-corrected chi connectivity index (χ3v) is 3.49. The number of carbonyl (C=O) groups excluding carboxylic acids is 1. The van der Waals surface area contributed by atoms with E-state index >= 15 is 0 Å². The first-order valence-electron chi connectivity index (χ1n) is 7.29. The maximum absolute atomic E-state index is 12.5. The van der Waals surface area contributed by atoms with Crippen LogP contribution in [0.15, 0.2) is 12.1 Å². The van der Waals surface area contributed by atoms with Crippen LogP contribution in [0.25, 0.3) is 0 Å². The van der Waals surface area contributed by atoms with Gasteiger partial charge in [-0.1, -0.05) is 0 Å². The van der Waals surface area contributed by atoms with Gasteiger partial charge in [0.15, 0.2) is 11.5 Å². The highest BCUT2D eigenvalue weighted by atomic mass is 19.4. The van der Waals surface area contributed by atoms with Gasteiger partial charge in [0.25, 0.3) is 5.91 Å². The smallest absolute Gasteiger partial charge is 0.355 e. The molecule has 0 spiro atoms. The van der Waals surface area contributed by atoms with Crippen molar-refractivity contribution in [3.8, 4) is 12.3 Å². The second-order valence-electron chi connectivity index (χ2n) is 5.37. The summed E-state index contributed by atoms with van der Waals surface area (Å²) >= 11 is 0. The van der Waals surface area contributed by atoms with E-state index in [4.69, 9.17) is 6.42 Å². The standard InChI is InChI=1S/C15H17F3N4O/c1-2-5-11(10-15(16,17)18)19-14(23)12-6-7-13(21-20-12)22-8-3-4-9-22/h1,6-7,11H,3-5,8-10H2,(H,19,23)/t11-/m0/s1. The van der Waals surface area contributed by atoms with Crippen LogP contribution in [0.2, 0.25) is 0 Å². The number of nitrogens with zero attached hydrogens (tertiary/aromatic N) is 3. The highest BCUT2D eigenvalue weighted by Crippen LogP contribution is 2.23. The number of anilines is 1. The number of aromatic nitrogens is 2. The molecule has 8 heteroatoms. The van der Waals surface area contributed by atoms with E-state index in [1.165, 1.54) is 6.07 Å². The van der Waals surface area contributed by atoms with Crippen molar-refractivity contribution in [2.45, 2.75) is 37.9 Å². The Morgan fingerprint density at radius 3 is 2.57 bits per heavy atom.